The van der Waals surface area contributed by atoms with Crippen molar-refractivity contribution in [1.82, 2.24) is 5.32 Å². The SMILES string of the molecule is O=C(O)CCC(=O)NCCc1ccc(OCc2ccc(Cl)cc2)cc1. The van der Waals surface area contributed by atoms with Crippen LogP contribution in [-0.4, -0.2) is 23.5 Å². The van der Waals surface area contributed by atoms with Crippen LogP contribution in [0.5, 0.6) is 5.75 Å². The maximum atomic E-state index is 11.4. The molecular weight excluding hydrogens is 342 g/mol. The third-order valence-corrected chi connectivity index (χ3v) is 3.80. The van der Waals surface area contributed by atoms with Gasteiger partial charge in [-0.05, 0) is 41.8 Å². The van der Waals surface area contributed by atoms with Crippen LogP contribution in [0.4, 0.5) is 0 Å². The van der Waals surface area contributed by atoms with E-state index in [1.165, 1.54) is 0 Å². The molecule has 5 nitrogen and oxygen atoms in total. The summed E-state index contributed by atoms with van der Waals surface area (Å²) in [6.45, 7) is 0.944. The number of hydrogen-bond acceptors (Lipinski definition) is 3. The normalized spacial score (nSPS) is 10.3. The molecule has 0 heterocycles. The van der Waals surface area contributed by atoms with Crippen LogP contribution in [0.2, 0.25) is 5.02 Å². The van der Waals surface area contributed by atoms with Gasteiger partial charge in [0, 0.05) is 18.0 Å². The summed E-state index contributed by atoms with van der Waals surface area (Å²) < 4.78 is 5.72. The zero-order valence-electron chi connectivity index (χ0n) is 13.7. The first-order valence-corrected chi connectivity index (χ1v) is 8.35. The molecule has 0 spiro atoms. The molecule has 0 radical (unpaired) electrons. The maximum absolute atomic E-state index is 11.4. The number of rotatable bonds is 9. The largest absolute Gasteiger partial charge is 0.489 e. The number of carboxylic acid groups (broad SMARTS) is 1. The molecule has 0 aliphatic carbocycles. The summed E-state index contributed by atoms with van der Waals surface area (Å²) in [5, 5.41) is 11.9. The molecule has 0 saturated carbocycles. The Balaban J connectivity index is 1.71. The molecule has 0 bridgehead atoms. The van der Waals surface area contributed by atoms with Gasteiger partial charge < -0.3 is 15.2 Å². The second kappa shape index (κ2) is 9.69. The van der Waals surface area contributed by atoms with Gasteiger partial charge in [-0.3, -0.25) is 9.59 Å². The van der Waals surface area contributed by atoms with Crippen molar-refractivity contribution >= 4 is 23.5 Å². The molecule has 2 N–H and O–H groups in total. The summed E-state index contributed by atoms with van der Waals surface area (Å²) in [6, 6.07) is 15.2. The molecule has 2 aromatic carbocycles. The number of carbonyl (C=O) groups excluding carboxylic acids is 1. The maximum Gasteiger partial charge on any atom is 0.303 e. The molecule has 0 aliphatic heterocycles. The second-order valence-electron chi connectivity index (χ2n) is 5.55. The lowest BCUT2D eigenvalue weighted by Crippen LogP contribution is -2.25. The quantitative estimate of drug-likeness (QED) is 0.717. The lowest BCUT2D eigenvalue weighted by Gasteiger charge is -2.08. The predicted molar refractivity (Wildman–Crippen MR) is 95.8 cm³/mol. The molecule has 0 aromatic heterocycles. The summed E-state index contributed by atoms with van der Waals surface area (Å²) in [6.07, 6.45) is 0.536. The lowest BCUT2D eigenvalue weighted by molar-refractivity contribution is -0.138. The Kier molecular flexibility index (Phi) is 7.29. The smallest absolute Gasteiger partial charge is 0.303 e. The van der Waals surface area contributed by atoms with E-state index in [0.717, 1.165) is 16.9 Å². The molecule has 25 heavy (non-hydrogen) atoms. The number of amides is 1. The summed E-state index contributed by atoms with van der Waals surface area (Å²) in [5.74, 6) is -0.446. The number of aliphatic carboxylic acids is 1. The van der Waals surface area contributed by atoms with E-state index in [9.17, 15) is 9.59 Å². The van der Waals surface area contributed by atoms with E-state index in [1.807, 2.05) is 48.5 Å². The lowest BCUT2D eigenvalue weighted by atomic mass is 10.1. The van der Waals surface area contributed by atoms with E-state index in [0.29, 0.717) is 24.6 Å². The number of hydrogen-bond donors (Lipinski definition) is 2. The van der Waals surface area contributed by atoms with Crippen molar-refractivity contribution in [3.63, 3.8) is 0 Å². The average Bonchev–Trinajstić information content (AvgIpc) is 2.60. The highest BCUT2D eigenvalue weighted by molar-refractivity contribution is 6.30. The van der Waals surface area contributed by atoms with E-state index in [2.05, 4.69) is 5.32 Å². The van der Waals surface area contributed by atoms with Crippen molar-refractivity contribution in [2.75, 3.05) is 6.54 Å². The van der Waals surface area contributed by atoms with Gasteiger partial charge >= 0.3 is 5.97 Å². The van der Waals surface area contributed by atoms with Crippen LogP contribution in [0.25, 0.3) is 0 Å². The van der Waals surface area contributed by atoms with Gasteiger partial charge in [-0.15, -0.1) is 0 Å². The zero-order chi connectivity index (χ0) is 18.1. The van der Waals surface area contributed by atoms with Gasteiger partial charge in [0.25, 0.3) is 0 Å². The van der Waals surface area contributed by atoms with Gasteiger partial charge in [0.1, 0.15) is 12.4 Å². The Morgan fingerprint density at radius 1 is 0.960 bits per heavy atom. The van der Waals surface area contributed by atoms with Crippen LogP contribution in [0.3, 0.4) is 0 Å². The topological polar surface area (TPSA) is 75.6 Å². The van der Waals surface area contributed by atoms with Gasteiger partial charge in [0.05, 0.1) is 6.42 Å². The fourth-order valence-electron chi connectivity index (χ4n) is 2.15. The van der Waals surface area contributed by atoms with Crippen LogP contribution in [0.15, 0.2) is 48.5 Å². The van der Waals surface area contributed by atoms with Crippen molar-refractivity contribution in [2.24, 2.45) is 0 Å². The predicted octanol–water partition coefficient (Wildman–Crippen LogP) is 3.44. The van der Waals surface area contributed by atoms with E-state index in [-0.39, 0.29) is 18.7 Å². The van der Waals surface area contributed by atoms with Gasteiger partial charge in [0.2, 0.25) is 5.91 Å². The standard InChI is InChI=1S/C19H20ClNO4/c20-16-5-1-15(2-6-16)13-25-17-7-3-14(4-8-17)11-12-21-18(22)9-10-19(23)24/h1-8H,9-13H2,(H,21,22)(H,23,24). The van der Waals surface area contributed by atoms with Crippen LogP contribution < -0.4 is 10.1 Å². The molecule has 0 aliphatic rings. The molecule has 2 aromatic rings. The van der Waals surface area contributed by atoms with E-state index >= 15 is 0 Å². The van der Waals surface area contributed by atoms with Crippen molar-refractivity contribution in [2.45, 2.75) is 25.9 Å². The van der Waals surface area contributed by atoms with Crippen molar-refractivity contribution in [3.05, 3.63) is 64.7 Å². The minimum absolute atomic E-state index is 0.00676. The van der Waals surface area contributed by atoms with Crippen LogP contribution in [-0.2, 0) is 22.6 Å². The fourth-order valence-corrected chi connectivity index (χ4v) is 2.28. The summed E-state index contributed by atoms with van der Waals surface area (Å²) in [4.78, 5) is 21.8. The van der Waals surface area contributed by atoms with Crippen LogP contribution >= 0.6 is 11.6 Å². The van der Waals surface area contributed by atoms with Crippen molar-refractivity contribution in [1.29, 1.82) is 0 Å². The fraction of sp³-hybridized carbons (Fsp3) is 0.263. The Morgan fingerprint density at radius 3 is 2.24 bits per heavy atom. The number of carbonyl (C=O) groups is 2. The number of benzene rings is 2. The molecular formula is C19H20ClNO4. The summed E-state index contributed by atoms with van der Waals surface area (Å²) in [5.41, 5.74) is 2.11. The molecule has 6 heteroatoms. The third-order valence-electron chi connectivity index (χ3n) is 3.54. The van der Waals surface area contributed by atoms with Gasteiger partial charge in [-0.1, -0.05) is 35.9 Å². The first-order chi connectivity index (χ1) is 12.0. The molecule has 1 amide bonds. The number of halogens is 1. The molecule has 0 unspecified atom stereocenters. The first-order valence-electron chi connectivity index (χ1n) is 7.97. The Labute approximate surface area is 151 Å². The van der Waals surface area contributed by atoms with Gasteiger partial charge in [-0.25, -0.2) is 0 Å². The summed E-state index contributed by atoms with van der Waals surface area (Å²) >= 11 is 5.85. The molecule has 0 fully saturated rings. The van der Waals surface area contributed by atoms with E-state index in [4.69, 9.17) is 21.4 Å². The average molecular weight is 362 g/mol. The number of carboxylic acids is 1. The number of nitrogens with one attached hydrogen (secondary N) is 1. The monoisotopic (exact) mass is 361 g/mol. The second-order valence-corrected chi connectivity index (χ2v) is 5.99. The zero-order valence-corrected chi connectivity index (χ0v) is 14.5. The van der Waals surface area contributed by atoms with E-state index < -0.39 is 5.97 Å². The minimum Gasteiger partial charge on any atom is -0.489 e. The molecule has 0 atom stereocenters. The highest BCUT2D eigenvalue weighted by Crippen LogP contribution is 2.16. The summed E-state index contributed by atoms with van der Waals surface area (Å²) in [7, 11) is 0. The Bertz CT molecular complexity index is 698. The van der Waals surface area contributed by atoms with Crippen LogP contribution in [0, 0.1) is 0 Å². The molecule has 132 valence electrons. The molecule has 2 rings (SSSR count). The number of ether oxygens (including phenoxy) is 1. The van der Waals surface area contributed by atoms with Crippen molar-refractivity contribution < 1.29 is 19.4 Å². The Hall–Kier alpha value is -2.53. The van der Waals surface area contributed by atoms with Gasteiger partial charge in [-0.2, -0.15) is 0 Å². The van der Waals surface area contributed by atoms with Gasteiger partial charge in [0.15, 0.2) is 0 Å². The highest BCUT2D eigenvalue weighted by atomic mass is 35.5. The Morgan fingerprint density at radius 2 is 1.60 bits per heavy atom. The van der Waals surface area contributed by atoms with Crippen LogP contribution in [0.1, 0.15) is 24.0 Å². The van der Waals surface area contributed by atoms with E-state index in [1.54, 1.807) is 0 Å². The third kappa shape index (κ3) is 7.27. The highest BCUT2D eigenvalue weighted by Gasteiger charge is 2.04. The first kappa shape index (κ1) is 18.8. The minimum atomic E-state index is -0.968. The molecule has 0 saturated heterocycles. The van der Waals surface area contributed by atoms with Crippen molar-refractivity contribution in [3.8, 4) is 5.75 Å².